The number of amides is 1. The first-order chi connectivity index (χ1) is 9.97. The van der Waals surface area contributed by atoms with Gasteiger partial charge in [-0.1, -0.05) is 18.2 Å². The van der Waals surface area contributed by atoms with Gasteiger partial charge in [0, 0.05) is 5.69 Å². The number of benzene rings is 2. The van der Waals surface area contributed by atoms with E-state index in [0.29, 0.717) is 11.4 Å². The molecule has 2 aromatic rings. The molecule has 1 unspecified atom stereocenters. The van der Waals surface area contributed by atoms with E-state index >= 15 is 0 Å². The van der Waals surface area contributed by atoms with Gasteiger partial charge < -0.3 is 15.2 Å². The topological polar surface area (TPSA) is 58.6 Å². The van der Waals surface area contributed by atoms with Gasteiger partial charge in [0.15, 0.2) is 5.60 Å². The molecule has 110 valence electrons. The summed E-state index contributed by atoms with van der Waals surface area (Å²) in [5.41, 5.74) is -1.12. The highest BCUT2D eigenvalue weighted by Crippen LogP contribution is 2.15. The van der Waals surface area contributed by atoms with Gasteiger partial charge in [-0.15, -0.1) is 0 Å². The van der Waals surface area contributed by atoms with Crippen LogP contribution in [0.2, 0.25) is 0 Å². The molecule has 1 atom stereocenters. The molecular weight excluding hydrogens is 273 g/mol. The maximum absolute atomic E-state index is 12.8. The number of ether oxygens (including phenoxy) is 1. The minimum Gasteiger partial charge on any atom is -0.490 e. The number of halogens is 1. The van der Waals surface area contributed by atoms with Crippen molar-refractivity contribution in [3.05, 3.63) is 60.4 Å². The van der Waals surface area contributed by atoms with Crippen molar-refractivity contribution in [2.24, 2.45) is 0 Å². The van der Waals surface area contributed by atoms with Crippen molar-refractivity contribution in [3.8, 4) is 5.75 Å². The van der Waals surface area contributed by atoms with E-state index in [0.717, 1.165) is 0 Å². The van der Waals surface area contributed by atoms with Crippen LogP contribution in [0.25, 0.3) is 0 Å². The molecular formula is C16H16FNO3. The zero-order valence-electron chi connectivity index (χ0n) is 11.5. The summed E-state index contributed by atoms with van der Waals surface area (Å²) < 4.78 is 18.1. The lowest BCUT2D eigenvalue weighted by Gasteiger charge is -2.22. The summed E-state index contributed by atoms with van der Waals surface area (Å²) in [6, 6.07) is 14.2. The van der Waals surface area contributed by atoms with Crippen molar-refractivity contribution < 1.29 is 19.0 Å². The van der Waals surface area contributed by atoms with Crippen molar-refractivity contribution in [2.75, 3.05) is 11.9 Å². The smallest absolute Gasteiger partial charge is 0.259 e. The predicted molar refractivity (Wildman–Crippen MR) is 77.6 cm³/mol. The average Bonchev–Trinajstić information content (AvgIpc) is 2.48. The van der Waals surface area contributed by atoms with Crippen LogP contribution in [0.15, 0.2) is 54.6 Å². The summed E-state index contributed by atoms with van der Waals surface area (Å²) in [7, 11) is 0. The molecule has 0 aromatic heterocycles. The Balaban J connectivity index is 1.94. The van der Waals surface area contributed by atoms with Gasteiger partial charge in [-0.25, -0.2) is 4.39 Å². The molecule has 0 spiro atoms. The number of para-hydroxylation sites is 1. The summed E-state index contributed by atoms with van der Waals surface area (Å²) >= 11 is 0. The van der Waals surface area contributed by atoms with E-state index in [1.54, 1.807) is 24.3 Å². The monoisotopic (exact) mass is 289 g/mol. The normalized spacial score (nSPS) is 13.3. The first-order valence-electron chi connectivity index (χ1n) is 6.45. The second-order valence-electron chi connectivity index (χ2n) is 4.84. The fourth-order valence-electron chi connectivity index (χ4n) is 1.61. The molecule has 0 radical (unpaired) electrons. The SMILES string of the molecule is CC(O)(COc1ccc(F)cc1)C(=O)Nc1ccccc1. The number of anilines is 1. The lowest BCUT2D eigenvalue weighted by Crippen LogP contribution is -2.45. The van der Waals surface area contributed by atoms with E-state index in [9.17, 15) is 14.3 Å². The Morgan fingerprint density at radius 3 is 2.43 bits per heavy atom. The third-order valence-electron chi connectivity index (χ3n) is 2.85. The van der Waals surface area contributed by atoms with Gasteiger partial charge in [-0.3, -0.25) is 4.79 Å². The number of hydrogen-bond donors (Lipinski definition) is 2. The highest BCUT2D eigenvalue weighted by Gasteiger charge is 2.31. The highest BCUT2D eigenvalue weighted by molar-refractivity contribution is 5.96. The first kappa shape index (κ1) is 15.0. The van der Waals surface area contributed by atoms with Gasteiger partial charge in [0.25, 0.3) is 5.91 Å². The van der Waals surface area contributed by atoms with Crippen molar-refractivity contribution in [2.45, 2.75) is 12.5 Å². The van der Waals surface area contributed by atoms with Crippen molar-refractivity contribution >= 4 is 11.6 Å². The Bertz CT molecular complexity index is 597. The Labute approximate surface area is 122 Å². The van der Waals surface area contributed by atoms with E-state index in [-0.39, 0.29) is 12.4 Å². The summed E-state index contributed by atoms with van der Waals surface area (Å²) in [6.45, 7) is 1.12. The number of carbonyl (C=O) groups excluding carboxylic acids is 1. The molecule has 2 N–H and O–H groups in total. The Morgan fingerprint density at radius 1 is 1.19 bits per heavy atom. The second kappa shape index (κ2) is 6.37. The van der Waals surface area contributed by atoms with Gasteiger partial charge >= 0.3 is 0 Å². The number of hydrogen-bond acceptors (Lipinski definition) is 3. The molecule has 0 fully saturated rings. The molecule has 0 aliphatic carbocycles. The van der Waals surface area contributed by atoms with Crippen LogP contribution >= 0.6 is 0 Å². The zero-order chi connectivity index (χ0) is 15.3. The number of aliphatic hydroxyl groups is 1. The van der Waals surface area contributed by atoms with Crippen molar-refractivity contribution in [1.82, 2.24) is 0 Å². The Kier molecular flexibility index (Phi) is 4.55. The zero-order valence-corrected chi connectivity index (χ0v) is 11.5. The molecule has 4 nitrogen and oxygen atoms in total. The van der Waals surface area contributed by atoms with Crippen LogP contribution in [-0.4, -0.2) is 23.2 Å². The lowest BCUT2D eigenvalue weighted by atomic mass is 10.1. The molecule has 0 saturated heterocycles. The van der Waals surface area contributed by atoms with Crippen molar-refractivity contribution in [1.29, 1.82) is 0 Å². The standard InChI is InChI=1S/C16H16FNO3/c1-16(20,11-21-14-9-7-12(17)8-10-14)15(19)18-13-5-3-2-4-6-13/h2-10,20H,11H2,1H3,(H,18,19). The average molecular weight is 289 g/mol. The van der Waals surface area contributed by atoms with Crippen LogP contribution < -0.4 is 10.1 Å². The molecule has 2 aromatic carbocycles. The largest absolute Gasteiger partial charge is 0.490 e. The number of nitrogens with one attached hydrogen (secondary N) is 1. The number of carbonyl (C=O) groups is 1. The molecule has 1 amide bonds. The number of rotatable bonds is 5. The van der Waals surface area contributed by atoms with E-state index in [4.69, 9.17) is 4.74 Å². The van der Waals surface area contributed by atoms with Gasteiger partial charge in [0.05, 0.1) is 0 Å². The van der Waals surface area contributed by atoms with Crippen LogP contribution in [0.3, 0.4) is 0 Å². The molecule has 0 heterocycles. The summed E-state index contributed by atoms with van der Waals surface area (Å²) in [4.78, 5) is 12.0. The molecule has 21 heavy (non-hydrogen) atoms. The van der Waals surface area contributed by atoms with E-state index in [1.807, 2.05) is 6.07 Å². The Morgan fingerprint density at radius 2 is 1.81 bits per heavy atom. The fraction of sp³-hybridized carbons (Fsp3) is 0.188. The van der Waals surface area contributed by atoms with Gasteiger partial charge in [0.1, 0.15) is 18.2 Å². The summed E-state index contributed by atoms with van der Waals surface area (Å²) in [5, 5.41) is 12.7. The van der Waals surface area contributed by atoms with Crippen molar-refractivity contribution in [3.63, 3.8) is 0 Å². The summed E-state index contributed by atoms with van der Waals surface area (Å²) in [6.07, 6.45) is 0. The minimum atomic E-state index is -1.70. The van der Waals surface area contributed by atoms with Crippen LogP contribution in [0.1, 0.15) is 6.92 Å². The van der Waals surface area contributed by atoms with E-state index in [1.165, 1.54) is 31.2 Å². The van der Waals surface area contributed by atoms with Crippen LogP contribution in [-0.2, 0) is 4.79 Å². The molecule has 5 heteroatoms. The maximum atomic E-state index is 12.8. The first-order valence-corrected chi connectivity index (χ1v) is 6.45. The van der Waals surface area contributed by atoms with E-state index in [2.05, 4.69) is 5.32 Å². The summed E-state index contributed by atoms with van der Waals surface area (Å²) in [5.74, 6) is -0.573. The quantitative estimate of drug-likeness (QED) is 0.889. The molecule has 0 saturated carbocycles. The predicted octanol–water partition coefficient (Wildman–Crippen LogP) is 2.59. The van der Waals surface area contributed by atoms with Crippen LogP contribution in [0, 0.1) is 5.82 Å². The minimum absolute atomic E-state index is 0.239. The lowest BCUT2D eigenvalue weighted by molar-refractivity contribution is -0.135. The Hall–Kier alpha value is -2.40. The van der Waals surface area contributed by atoms with Gasteiger partial charge in [-0.2, -0.15) is 0 Å². The van der Waals surface area contributed by atoms with Crippen LogP contribution in [0.5, 0.6) is 5.75 Å². The van der Waals surface area contributed by atoms with Gasteiger partial charge in [-0.05, 0) is 43.3 Å². The molecule has 0 aliphatic rings. The third-order valence-corrected chi connectivity index (χ3v) is 2.85. The van der Waals surface area contributed by atoms with Crippen LogP contribution in [0.4, 0.5) is 10.1 Å². The molecule has 0 aliphatic heterocycles. The fourth-order valence-corrected chi connectivity index (χ4v) is 1.61. The second-order valence-corrected chi connectivity index (χ2v) is 4.84. The highest BCUT2D eigenvalue weighted by atomic mass is 19.1. The third kappa shape index (κ3) is 4.29. The van der Waals surface area contributed by atoms with E-state index < -0.39 is 11.5 Å². The molecule has 0 bridgehead atoms. The molecule has 2 rings (SSSR count). The van der Waals surface area contributed by atoms with Gasteiger partial charge in [0.2, 0.25) is 0 Å². The maximum Gasteiger partial charge on any atom is 0.259 e.